The summed E-state index contributed by atoms with van der Waals surface area (Å²) in [6.45, 7) is 0. The molecule has 2 aromatic rings. The first-order chi connectivity index (χ1) is 9.40. The molecule has 0 fully saturated rings. The van der Waals surface area contributed by atoms with E-state index in [4.69, 9.17) is 34.7 Å². The van der Waals surface area contributed by atoms with Crippen molar-refractivity contribution in [3.63, 3.8) is 0 Å². The minimum absolute atomic E-state index is 0.267. The first-order valence-corrected chi connectivity index (χ1v) is 6.26. The fraction of sp³-hybridized carbons (Fsp3) is 0. The molecule has 0 aliphatic carbocycles. The molecule has 2 aromatic carbocycles. The molecule has 0 amide bonds. The standard InChI is InChI=1S/C8H4Cl2O2.C6H8N2/c9-7(11)5-2-1-3-6(4-5)8(10)12;7-5-2-1-3-6(8)4-5/h1-4H;1-4H,7-8H2. The zero-order valence-electron chi connectivity index (χ0n) is 10.3. The largest absolute Gasteiger partial charge is 0.399 e. The second-order valence-corrected chi connectivity index (χ2v) is 4.48. The monoisotopic (exact) mass is 310 g/mol. The minimum Gasteiger partial charge on any atom is -0.399 e. The Morgan fingerprint density at radius 2 is 1.15 bits per heavy atom. The van der Waals surface area contributed by atoms with Crippen LogP contribution in [0.25, 0.3) is 0 Å². The van der Waals surface area contributed by atoms with Gasteiger partial charge in [0.1, 0.15) is 0 Å². The molecule has 0 aromatic heterocycles. The van der Waals surface area contributed by atoms with Crippen molar-refractivity contribution in [2.75, 3.05) is 11.5 Å². The van der Waals surface area contributed by atoms with E-state index in [-0.39, 0.29) is 11.1 Å². The number of nitrogen functional groups attached to an aromatic ring is 2. The van der Waals surface area contributed by atoms with Crippen molar-refractivity contribution in [1.29, 1.82) is 0 Å². The van der Waals surface area contributed by atoms with Crippen LogP contribution in [0, 0.1) is 0 Å². The van der Waals surface area contributed by atoms with Crippen LogP contribution < -0.4 is 11.5 Å². The number of hydrogen-bond donors (Lipinski definition) is 2. The van der Waals surface area contributed by atoms with E-state index in [1.807, 2.05) is 6.07 Å². The third kappa shape index (κ3) is 5.30. The van der Waals surface area contributed by atoms with E-state index in [1.165, 1.54) is 18.2 Å². The number of hydrogen-bond acceptors (Lipinski definition) is 4. The molecule has 0 bridgehead atoms. The Labute approximate surface area is 126 Å². The molecule has 0 heterocycles. The molecule has 4 nitrogen and oxygen atoms in total. The Kier molecular flexibility index (Phi) is 6.03. The summed E-state index contributed by atoms with van der Waals surface area (Å²) in [4.78, 5) is 21.3. The lowest BCUT2D eigenvalue weighted by atomic mass is 10.1. The molecule has 0 aliphatic heterocycles. The number of carbonyl (C=O) groups excluding carboxylic acids is 2. The smallest absolute Gasteiger partial charge is 0.252 e. The average Bonchev–Trinajstić information content (AvgIpc) is 2.39. The van der Waals surface area contributed by atoms with Gasteiger partial charge in [0.2, 0.25) is 0 Å². The maximum atomic E-state index is 10.6. The summed E-state index contributed by atoms with van der Waals surface area (Å²) >= 11 is 10.4. The third-order valence-electron chi connectivity index (χ3n) is 2.23. The molecule has 6 heteroatoms. The molecule has 0 atom stereocenters. The number of halogens is 2. The lowest BCUT2D eigenvalue weighted by Crippen LogP contribution is -1.93. The van der Waals surface area contributed by atoms with E-state index in [0.29, 0.717) is 11.4 Å². The van der Waals surface area contributed by atoms with Gasteiger partial charge in [0.05, 0.1) is 0 Å². The quantitative estimate of drug-likeness (QED) is 0.658. The van der Waals surface area contributed by atoms with Gasteiger partial charge in [0.25, 0.3) is 10.5 Å². The molecule has 0 aliphatic rings. The van der Waals surface area contributed by atoms with Crippen molar-refractivity contribution in [3.8, 4) is 0 Å². The third-order valence-corrected chi connectivity index (χ3v) is 2.66. The van der Waals surface area contributed by atoms with Crippen LogP contribution in [0.2, 0.25) is 0 Å². The van der Waals surface area contributed by atoms with Crippen molar-refractivity contribution in [3.05, 3.63) is 59.7 Å². The second kappa shape index (κ2) is 7.53. The molecule has 104 valence electrons. The van der Waals surface area contributed by atoms with Crippen molar-refractivity contribution < 1.29 is 9.59 Å². The number of carbonyl (C=O) groups is 2. The average molecular weight is 311 g/mol. The lowest BCUT2D eigenvalue weighted by Gasteiger charge is -1.95. The van der Waals surface area contributed by atoms with Crippen LogP contribution in [-0.2, 0) is 0 Å². The molecular weight excluding hydrogens is 299 g/mol. The van der Waals surface area contributed by atoms with Crippen LogP contribution in [0.1, 0.15) is 20.7 Å². The van der Waals surface area contributed by atoms with Crippen molar-refractivity contribution in [2.45, 2.75) is 0 Å². The van der Waals surface area contributed by atoms with Crippen molar-refractivity contribution >= 4 is 45.1 Å². The van der Waals surface area contributed by atoms with Gasteiger partial charge in [-0.15, -0.1) is 0 Å². The van der Waals surface area contributed by atoms with Gasteiger partial charge in [-0.3, -0.25) is 9.59 Å². The van der Waals surface area contributed by atoms with Crippen LogP contribution in [0.15, 0.2) is 48.5 Å². The summed E-state index contributed by atoms with van der Waals surface area (Å²) in [6.07, 6.45) is 0. The highest BCUT2D eigenvalue weighted by Crippen LogP contribution is 2.09. The molecule has 0 saturated carbocycles. The molecule has 2 rings (SSSR count). The van der Waals surface area contributed by atoms with Gasteiger partial charge >= 0.3 is 0 Å². The van der Waals surface area contributed by atoms with Gasteiger partial charge in [-0.2, -0.15) is 0 Å². The van der Waals surface area contributed by atoms with Crippen LogP contribution in [0.4, 0.5) is 11.4 Å². The van der Waals surface area contributed by atoms with E-state index in [0.717, 1.165) is 0 Å². The van der Waals surface area contributed by atoms with E-state index in [2.05, 4.69) is 0 Å². The summed E-state index contributed by atoms with van der Waals surface area (Å²) in [5.74, 6) is 0. The molecule has 20 heavy (non-hydrogen) atoms. The highest BCUT2D eigenvalue weighted by Gasteiger charge is 2.05. The fourth-order valence-corrected chi connectivity index (χ4v) is 1.56. The molecule has 0 unspecified atom stereocenters. The minimum atomic E-state index is -0.602. The second-order valence-electron chi connectivity index (χ2n) is 3.80. The molecule has 0 saturated heterocycles. The normalized spacial score (nSPS) is 9.30. The Hall–Kier alpha value is -2.04. The van der Waals surface area contributed by atoms with E-state index in [9.17, 15) is 9.59 Å². The van der Waals surface area contributed by atoms with Gasteiger partial charge in [0, 0.05) is 22.5 Å². The maximum Gasteiger partial charge on any atom is 0.252 e. The number of benzene rings is 2. The van der Waals surface area contributed by atoms with Gasteiger partial charge in [-0.05, 0) is 47.5 Å². The molecule has 0 radical (unpaired) electrons. The van der Waals surface area contributed by atoms with Gasteiger partial charge in [-0.25, -0.2) is 0 Å². The van der Waals surface area contributed by atoms with E-state index >= 15 is 0 Å². The van der Waals surface area contributed by atoms with E-state index < -0.39 is 10.5 Å². The first kappa shape index (κ1) is 16.0. The van der Waals surface area contributed by atoms with Crippen LogP contribution in [-0.4, -0.2) is 10.5 Å². The highest BCUT2D eigenvalue weighted by atomic mass is 35.5. The SMILES string of the molecule is Nc1cccc(N)c1.O=C(Cl)c1cccc(C(=O)Cl)c1. The Balaban J connectivity index is 0.000000217. The number of anilines is 2. The lowest BCUT2D eigenvalue weighted by molar-refractivity contribution is 0.108. The zero-order chi connectivity index (χ0) is 15.1. The zero-order valence-corrected chi connectivity index (χ0v) is 11.9. The van der Waals surface area contributed by atoms with Crippen molar-refractivity contribution in [2.24, 2.45) is 0 Å². The Morgan fingerprint density at radius 1 is 0.750 bits per heavy atom. The van der Waals surface area contributed by atoms with Gasteiger partial charge < -0.3 is 11.5 Å². The predicted molar refractivity (Wildman–Crippen MR) is 82.1 cm³/mol. The van der Waals surface area contributed by atoms with Crippen LogP contribution in [0.5, 0.6) is 0 Å². The maximum absolute atomic E-state index is 10.6. The van der Waals surface area contributed by atoms with Crippen LogP contribution in [0.3, 0.4) is 0 Å². The first-order valence-electron chi connectivity index (χ1n) is 5.51. The summed E-state index contributed by atoms with van der Waals surface area (Å²) in [7, 11) is 0. The fourth-order valence-electron chi connectivity index (χ4n) is 1.32. The van der Waals surface area contributed by atoms with Gasteiger partial charge in [0.15, 0.2) is 0 Å². The topological polar surface area (TPSA) is 86.2 Å². The molecule has 4 N–H and O–H groups in total. The highest BCUT2D eigenvalue weighted by molar-refractivity contribution is 6.69. The Morgan fingerprint density at radius 3 is 1.45 bits per heavy atom. The number of nitrogens with two attached hydrogens (primary N) is 2. The van der Waals surface area contributed by atoms with Crippen LogP contribution >= 0.6 is 23.2 Å². The van der Waals surface area contributed by atoms with Crippen molar-refractivity contribution in [1.82, 2.24) is 0 Å². The predicted octanol–water partition coefficient (Wildman–Crippen LogP) is 3.30. The number of rotatable bonds is 2. The summed E-state index contributed by atoms with van der Waals surface area (Å²) < 4.78 is 0. The summed E-state index contributed by atoms with van der Waals surface area (Å²) in [5, 5.41) is -1.20. The summed E-state index contributed by atoms with van der Waals surface area (Å²) in [5.41, 5.74) is 12.7. The summed E-state index contributed by atoms with van der Waals surface area (Å²) in [6, 6.07) is 13.1. The molecular formula is C14H12Cl2N2O2. The molecule has 0 spiro atoms. The van der Waals surface area contributed by atoms with Gasteiger partial charge in [-0.1, -0.05) is 24.3 Å². The van der Waals surface area contributed by atoms with E-state index in [1.54, 1.807) is 24.3 Å². The Bertz CT molecular complexity index is 584.